The lowest BCUT2D eigenvalue weighted by Gasteiger charge is -2.49. The number of fused-ring (bicyclic) bond motifs is 3. The summed E-state index contributed by atoms with van der Waals surface area (Å²) in [5.41, 5.74) is 2.90. The Morgan fingerprint density at radius 2 is 1.92 bits per heavy atom. The molecule has 2 aliphatic heterocycles. The van der Waals surface area contributed by atoms with Crippen LogP contribution in [0.3, 0.4) is 0 Å². The van der Waals surface area contributed by atoms with Crippen LogP contribution in [0.5, 0.6) is 0 Å². The van der Waals surface area contributed by atoms with Crippen LogP contribution in [-0.4, -0.2) is 19.2 Å². The molecule has 1 nitrogen and oxygen atoms in total. The van der Waals surface area contributed by atoms with Crippen LogP contribution >= 0.6 is 0 Å². The van der Waals surface area contributed by atoms with Gasteiger partial charge in [-0.15, -0.1) is 0 Å². The van der Waals surface area contributed by atoms with Crippen LogP contribution in [0.4, 0.5) is 0 Å². The van der Waals surface area contributed by atoms with Gasteiger partial charge in [-0.2, -0.15) is 0 Å². The lowest BCUT2D eigenvalue weighted by molar-refractivity contribution is 0.0979. The summed E-state index contributed by atoms with van der Waals surface area (Å²) in [6.07, 6.45) is 14.6. The minimum Gasteiger partial charge on any atom is -0.358 e. The molecule has 0 saturated carbocycles. The molecule has 3 rings (SSSR count). The highest BCUT2D eigenvalue weighted by molar-refractivity contribution is 6.64. The SMILES string of the molecule is CCC(C)C1(CC)C=Cc2ccccc2C2C=CC([SiH](C)C)=CN21. The lowest BCUT2D eigenvalue weighted by atomic mass is 9.78. The van der Waals surface area contributed by atoms with Gasteiger partial charge < -0.3 is 4.90 Å². The van der Waals surface area contributed by atoms with Crippen molar-refractivity contribution in [2.75, 3.05) is 0 Å². The number of nitrogens with zero attached hydrogens (tertiary/aromatic N) is 1. The predicted molar refractivity (Wildman–Crippen MR) is 109 cm³/mol. The van der Waals surface area contributed by atoms with Crippen molar-refractivity contribution in [2.45, 2.75) is 58.3 Å². The van der Waals surface area contributed by atoms with Crippen molar-refractivity contribution in [1.82, 2.24) is 4.90 Å². The van der Waals surface area contributed by atoms with E-state index < -0.39 is 8.80 Å². The number of allylic oxidation sites excluding steroid dienone is 2. The van der Waals surface area contributed by atoms with Crippen molar-refractivity contribution in [3.8, 4) is 0 Å². The number of benzene rings is 1. The van der Waals surface area contributed by atoms with Crippen molar-refractivity contribution >= 4 is 14.9 Å². The summed E-state index contributed by atoms with van der Waals surface area (Å²) >= 11 is 0. The molecule has 0 amide bonds. The van der Waals surface area contributed by atoms with Crippen LogP contribution in [0.1, 0.15) is 50.8 Å². The Hall–Kier alpha value is -1.54. The molecule has 1 aromatic rings. The quantitative estimate of drug-likeness (QED) is 0.634. The second-order valence-corrected chi connectivity index (χ2v) is 10.6. The second kappa shape index (κ2) is 6.76. The van der Waals surface area contributed by atoms with Gasteiger partial charge in [0.05, 0.1) is 20.4 Å². The minimum absolute atomic E-state index is 0.0950. The highest BCUT2D eigenvalue weighted by Crippen LogP contribution is 2.45. The average molecular weight is 338 g/mol. The van der Waals surface area contributed by atoms with E-state index in [2.05, 4.69) is 93.5 Å². The highest BCUT2D eigenvalue weighted by Gasteiger charge is 2.42. The third-order valence-corrected chi connectivity index (χ3v) is 7.78. The van der Waals surface area contributed by atoms with Crippen molar-refractivity contribution in [2.24, 2.45) is 5.92 Å². The van der Waals surface area contributed by atoms with Gasteiger partial charge in [-0.25, -0.2) is 0 Å². The van der Waals surface area contributed by atoms with E-state index in [0.29, 0.717) is 12.0 Å². The van der Waals surface area contributed by atoms with Gasteiger partial charge in [0.1, 0.15) is 0 Å². The summed E-state index contributed by atoms with van der Waals surface area (Å²) in [5.74, 6) is 0.619. The van der Waals surface area contributed by atoms with Gasteiger partial charge in [-0.1, -0.05) is 88.9 Å². The average Bonchev–Trinajstić information content (AvgIpc) is 2.76. The smallest absolute Gasteiger partial charge is 0.0738 e. The van der Waals surface area contributed by atoms with Crippen LogP contribution in [0.25, 0.3) is 6.08 Å². The standard InChI is InChI=1S/C22H31NSi/c1-6-17(3)22(7-2)15-14-18-10-8-9-11-20(18)21-13-12-19(24(4)5)16-23(21)22/h8-17,21,24H,6-7H2,1-5H3. The largest absolute Gasteiger partial charge is 0.358 e. The Morgan fingerprint density at radius 3 is 2.58 bits per heavy atom. The number of rotatable bonds is 4. The van der Waals surface area contributed by atoms with E-state index in [1.807, 2.05) is 0 Å². The van der Waals surface area contributed by atoms with Crippen LogP contribution < -0.4 is 0 Å². The Bertz CT molecular complexity index is 685. The van der Waals surface area contributed by atoms with Crippen LogP contribution in [-0.2, 0) is 0 Å². The molecule has 2 aliphatic rings. The molecule has 1 aromatic carbocycles. The van der Waals surface area contributed by atoms with Gasteiger partial charge in [-0.05, 0) is 34.9 Å². The summed E-state index contributed by atoms with van der Waals surface area (Å²) in [6.45, 7) is 11.9. The third kappa shape index (κ3) is 2.71. The Kier molecular flexibility index (Phi) is 4.87. The van der Waals surface area contributed by atoms with E-state index in [9.17, 15) is 0 Å². The third-order valence-electron chi connectivity index (χ3n) is 6.10. The first-order chi connectivity index (χ1) is 11.5. The minimum atomic E-state index is -0.820. The summed E-state index contributed by atoms with van der Waals surface area (Å²) in [6, 6.07) is 9.25. The van der Waals surface area contributed by atoms with Crippen LogP contribution in [0, 0.1) is 5.92 Å². The predicted octanol–water partition coefficient (Wildman–Crippen LogP) is 5.73. The summed E-state index contributed by atoms with van der Waals surface area (Å²) < 4.78 is 0. The fourth-order valence-corrected chi connectivity index (χ4v) is 5.18. The van der Waals surface area contributed by atoms with Gasteiger partial charge >= 0.3 is 0 Å². The van der Waals surface area contributed by atoms with E-state index in [0.717, 1.165) is 6.42 Å². The zero-order valence-electron chi connectivity index (χ0n) is 15.8. The topological polar surface area (TPSA) is 3.24 Å². The zero-order valence-corrected chi connectivity index (χ0v) is 16.9. The zero-order chi connectivity index (χ0) is 17.3. The Morgan fingerprint density at radius 1 is 1.17 bits per heavy atom. The fraction of sp³-hybridized carbons (Fsp3) is 0.455. The van der Waals surface area contributed by atoms with E-state index >= 15 is 0 Å². The molecule has 3 atom stereocenters. The summed E-state index contributed by atoms with van der Waals surface area (Å²) in [7, 11) is -0.820. The van der Waals surface area contributed by atoms with Gasteiger partial charge in [0.25, 0.3) is 0 Å². The van der Waals surface area contributed by atoms with Crippen molar-refractivity contribution in [3.63, 3.8) is 0 Å². The van der Waals surface area contributed by atoms with Crippen molar-refractivity contribution in [1.29, 1.82) is 0 Å². The molecule has 2 heteroatoms. The molecule has 0 fully saturated rings. The van der Waals surface area contributed by atoms with Gasteiger partial charge in [-0.3, -0.25) is 0 Å². The normalized spacial score (nSPS) is 26.7. The molecule has 128 valence electrons. The van der Waals surface area contributed by atoms with Gasteiger partial charge in [0, 0.05) is 0 Å². The number of hydrogen-bond donors (Lipinski definition) is 0. The van der Waals surface area contributed by atoms with E-state index in [1.54, 1.807) is 5.20 Å². The van der Waals surface area contributed by atoms with Crippen molar-refractivity contribution < 1.29 is 0 Å². The molecule has 0 aliphatic carbocycles. The maximum atomic E-state index is 2.69. The monoisotopic (exact) mass is 337 g/mol. The van der Waals surface area contributed by atoms with Gasteiger partial charge in [0.2, 0.25) is 0 Å². The maximum Gasteiger partial charge on any atom is 0.0738 e. The molecular formula is C22H31NSi. The fourth-order valence-electron chi connectivity index (χ4n) is 4.23. The molecule has 0 saturated heterocycles. The molecule has 24 heavy (non-hydrogen) atoms. The highest BCUT2D eigenvalue weighted by atomic mass is 28.3. The van der Waals surface area contributed by atoms with E-state index in [1.165, 1.54) is 17.5 Å². The molecular weight excluding hydrogens is 306 g/mol. The molecule has 0 aromatic heterocycles. The van der Waals surface area contributed by atoms with Crippen molar-refractivity contribution in [3.05, 3.63) is 65.0 Å². The first-order valence-electron chi connectivity index (χ1n) is 9.50. The van der Waals surface area contributed by atoms with Gasteiger partial charge in [0.15, 0.2) is 0 Å². The van der Waals surface area contributed by atoms with E-state index in [4.69, 9.17) is 0 Å². The van der Waals surface area contributed by atoms with Crippen LogP contribution in [0.2, 0.25) is 13.1 Å². The summed E-state index contributed by atoms with van der Waals surface area (Å²) in [4.78, 5) is 2.69. The molecule has 0 radical (unpaired) electrons. The lowest BCUT2D eigenvalue weighted by Crippen LogP contribution is -2.50. The van der Waals surface area contributed by atoms with Crippen LogP contribution in [0.15, 0.2) is 53.9 Å². The second-order valence-electron chi connectivity index (χ2n) is 7.61. The number of hydrogen-bond acceptors (Lipinski definition) is 1. The summed E-state index contributed by atoms with van der Waals surface area (Å²) in [5, 5.41) is 1.57. The van der Waals surface area contributed by atoms with E-state index in [-0.39, 0.29) is 5.54 Å². The molecule has 3 unspecified atom stereocenters. The molecule has 0 N–H and O–H groups in total. The molecule has 2 heterocycles. The first-order valence-corrected chi connectivity index (χ1v) is 12.4. The molecule has 0 bridgehead atoms. The first kappa shape index (κ1) is 17.3. The Labute approximate surface area is 149 Å². The molecule has 0 spiro atoms. The Balaban J connectivity index is 2.20. The maximum absolute atomic E-state index is 2.69.